The van der Waals surface area contributed by atoms with E-state index >= 15 is 0 Å². The molecule has 1 fully saturated rings. The lowest BCUT2D eigenvalue weighted by molar-refractivity contribution is 0.0883. The van der Waals surface area contributed by atoms with Gasteiger partial charge in [0.05, 0.1) is 5.56 Å². The highest BCUT2D eigenvalue weighted by molar-refractivity contribution is 6.34. The number of nitrogens with one attached hydrogen (secondary N) is 1. The Morgan fingerprint density at radius 3 is 2.84 bits per heavy atom. The Kier molecular flexibility index (Phi) is 4.66. The molecule has 1 aliphatic rings. The van der Waals surface area contributed by atoms with Crippen molar-refractivity contribution in [2.24, 2.45) is 5.92 Å². The molecule has 2 unspecified atom stereocenters. The van der Waals surface area contributed by atoms with Crippen LogP contribution in [-0.2, 0) is 0 Å². The molecule has 0 saturated carbocycles. The second-order valence-electron chi connectivity index (χ2n) is 5.08. The lowest BCUT2D eigenvalue weighted by Crippen LogP contribution is -2.48. The molecule has 4 nitrogen and oxygen atoms in total. The standard InChI is InChI=1S/C13H17Cl2N3O/c1-8-7-18(2)6-5-10(8)16-13(19)9-3-4-11(14)17-12(9)15/h3-4,8,10H,5-7H2,1-2H3,(H,16,19). The van der Waals surface area contributed by atoms with Crippen LogP contribution >= 0.6 is 23.2 Å². The van der Waals surface area contributed by atoms with Crippen molar-refractivity contribution in [3.8, 4) is 0 Å². The Balaban J connectivity index is 2.04. The second kappa shape index (κ2) is 6.07. The number of aromatic nitrogens is 1. The van der Waals surface area contributed by atoms with Gasteiger partial charge in [0.1, 0.15) is 10.3 Å². The number of hydrogen-bond donors (Lipinski definition) is 1. The minimum atomic E-state index is -0.185. The Morgan fingerprint density at radius 1 is 1.47 bits per heavy atom. The third-order valence-corrected chi connectivity index (χ3v) is 3.98. The van der Waals surface area contributed by atoms with Gasteiger partial charge in [-0.3, -0.25) is 4.79 Å². The Hall–Kier alpha value is -0.840. The van der Waals surface area contributed by atoms with E-state index in [4.69, 9.17) is 23.2 Å². The molecule has 2 rings (SSSR count). The van der Waals surface area contributed by atoms with E-state index in [0.717, 1.165) is 19.5 Å². The predicted molar refractivity (Wildman–Crippen MR) is 76.8 cm³/mol. The van der Waals surface area contributed by atoms with Crippen LogP contribution in [0.3, 0.4) is 0 Å². The summed E-state index contributed by atoms with van der Waals surface area (Å²) in [5.74, 6) is 0.234. The Bertz CT molecular complexity index is 481. The average Bonchev–Trinajstić information content (AvgIpc) is 2.32. The van der Waals surface area contributed by atoms with Gasteiger partial charge in [-0.2, -0.15) is 0 Å². The lowest BCUT2D eigenvalue weighted by atomic mass is 9.94. The van der Waals surface area contributed by atoms with Crippen molar-refractivity contribution in [2.75, 3.05) is 20.1 Å². The first-order valence-electron chi connectivity index (χ1n) is 6.29. The molecule has 1 aromatic rings. The highest BCUT2D eigenvalue weighted by Gasteiger charge is 2.26. The number of nitrogens with zero attached hydrogens (tertiary/aromatic N) is 2. The molecule has 0 spiro atoms. The van der Waals surface area contributed by atoms with Gasteiger partial charge in [-0.15, -0.1) is 0 Å². The normalized spacial score (nSPS) is 24.2. The van der Waals surface area contributed by atoms with Gasteiger partial charge >= 0.3 is 0 Å². The number of halogens is 2. The van der Waals surface area contributed by atoms with Crippen LogP contribution in [0.4, 0.5) is 0 Å². The summed E-state index contributed by atoms with van der Waals surface area (Å²) in [7, 11) is 2.09. The zero-order valence-corrected chi connectivity index (χ0v) is 12.5. The number of hydrogen-bond acceptors (Lipinski definition) is 3. The molecule has 1 aliphatic heterocycles. The van der Waals surface area contributed by atoms with Crippen LogP contribution in [0.15, 0.2) is 12.1 Å². The summed E-state index contributed by atoms with van der Waals surface area (Å²) in [4.78, 5) is 18.3. The first-order chi connectivity index (χ1) is 8.97. The Labute approximate surface area is 123 Å². The number of carbonyl (C=O) groups excluding carboxylic acids is 1. The third kappa shape index (κ3) is 3.59. The van der Waals surface area contributed by atoms with Crippen LogP contribution < -0.4 is 5.32 Å². The molecule has 6 heteroatoms. The first-order valence-corrected chi connectivity index (χ1v) is 7.04. The quantitative estimate of drug-likeness (QED) is 0.854. The van der Waals surface area contributed by atoms with Gasteiger partial charge in [0.15, 0.2) is 0 Å². The predicted octanol–water partition coefficient (Wildman–Crippen LogP) is 2.46. The molecule has 0 bridgehead atoms. The fourth-order valence-corrected chi connectivity index (χ4v) is 2.83. The molecule has 2 heterocycles. The SMILES string of the molecule is CC1CN(C)CCC1NC(=O)c1ccc(Cl)nc1Cl. The van der Waals surface area contributed by atoms with Crippen LogP contribution in [0.25, 0.3) is 0 Å². The topological polar surface area (TPSA) is 45.2 Å². The van der Waals surface area contributed by atoms with Crippen molar-refractivity contribution < 1.29 is 4.79 Å². The van der Waals surface area contributed by atoms with E-state index in [-0.39, 0.29) is 22.3 Å². The molecule has 19 heavy (non-hydrogen) atoms. The number of carbonyl (C=O) groups is 1. The molecule has 1 saturated heterocycles. The molecule has 0 radical (unpaired) electrons. The minimum Gasteiger partial charge on any atom is -0.349 e. The zero-order chi connectivity index (χ0) is 14.0. The molecule has 104 valence electrons. The van der Waals surface area contributed by atoms with Gasteiger partial charge in [0.25, 0.3) is 5.91 Å². The summed E-state index contributed by atoms with van der Waals surface area (Å²) in [6.45, 7) is 4.11. The van der Waals surface area contributed by atoms with Crippen molar-refractivity contribution in [2.45, 2.75) is 19.4 Å². The minimum absolute atomic E-state index is 0.144. The van der Waals surface area contributed by atoms with Gasteiger partial charge in [-0.25, -0.2) is 4.98 Å². The van der Waals surface area contributed by atoms with Gasteiger partial charge < -0.3 is 10.2 Å². The van der Waals surface area contributed by atoms with Crippen LogP contribution in [0.1, 0.15) is 23.7 Å². The van der Waals surface area contributed by atoms with Crippen molar-refractivity contribution in [3.63, 3.8) is 0 Å². The largest absolute Gasteiger partial charge is 0.349 e. The highest BCUT2D eigenvalue weighted by Crippen LogP contribution is 2.19. The summed E-state index contributed by atoms with van der Waals surface area (Å²) in [5, 5.41) is 3.46. The van der Waals surface area contributed by atoms with E-state index in [0.29, 0.717) is 11.5 Å². The molecular weight excluding hydrogens is 285 g/mol. The Morgan fingerprint density at radius 2 is 2.21 bits per heavy atom. The van der Waals surface area contributed by atoms with E-state index in [9.17, 15) is 4.79 Å². The number of likely N-dealkylation sites (tertiary alicyclic amines) is 1. The lowest BCUT2D eigenvalue weighted by Gasteiger charge is -2.35. The smallest absolute Gasteiger partial charge is 0.254 e. The van der Waals surface area contributed by atoms with Crippen molar-refractivity contribution in [1.82, 2.24) is 15.2 Å². The fraction of sp³-hybridized carbons (Fsp3) is 0.538. The number of rotatable bonds is 2. The van der Waals surface area contributed by atoms with Gasteiger partial charge in [0.2, 0.25) is 0 Å². The first kappa shape index (κ1) is 14.6. The zero-order valence-electron chi connectivity index (χ0n) is 11.0. The fourth-order valence-electron chi connectivity index (χ4n) is 2.40. The summed E-state index contributed by atoms with van der Waals surface area (Å²) < 4.78 is 0. The van der Waals surface area contributed by atoms with Crippen LogP contribution in [0.5, 0.6) is 0 Å². The molecular formula is C13H17Cl2N3O. The van der Waals surface area contributed by atoms with Crippen LogP contribution in [0, 0.1) is 5.92 Å². The number of pyridine rings is 1. The van der Waals surface area contributed by atoms with Gasteiger partial charge in [-0.1, -0.05) is 30.1 Å². The second-order valence-corrected chi connectivity index (χ2v) is 5.83. The van der Waals surface area contributed by atoms with Crippen molar-refractivity contribution >= 4 is 29.1 Å². The molecule has 1 aromatic heterocycles. The molecule has 0 aromatic carbocycles. The monoisotopic (exact) mass is 301 g/mol. The molecule has 0 aliphatic carbocycles. The van der Waals surface area contributed by atoms with Crippen LogP contribution in [0.2, 0.25) is 10.3 Å². The van der Waals surface area contributed by atoms with E-state index < -0.39 is 0 Å². The molecule has 2 atom stereocenters. The number of amides is 1. The van der Waals surface area contributed by atoms with Crippen molar-refractivity contribution in [3.05, 3.63) is 28.0 Å². The maximum atomic E-state index is 12.2. The van der Waals surface area contributed by atoms with Gasteiger partial charge in [0, 0.05) is 12.6 Å². The average molecular weight is 302 g/mol. The summed E-state index contributed by atoms with van der Waals surface area (Å²) in [6, 6.07) is 3.35. The van der Waals surface area contributed by atoms with E-state index in [1.165, 1.54) is 0 Å². The van der Waals surface area contributed by atoms with E-state index in [1.54, 1.807) is 12.1 Å². The summed E-state index contributed by atoms with van der Waals surface area (Å²) in [5.41, 5.74) is 0.372. The van der Waals surface area contributed by atoms with Crippen LogP contribution in [-0.4, -0.2) is 42.0 Å². The van der Waals surface area contributed by atoms with Gasteiger partial charge in [-0.05, 0) is 38.1 Å². The molecule has 1 amide bonds. The highest BCUT2D eigenvalue weighted by atomic mass is 35.5. The summed E-state index contributed by atoms with van der Waals surface area (Å²) >= 11 is 11.7. The molecule has 1 N–H and O–H groups in total. The third-order valence-electron chi connectivity index (χ3n) is 3.48. The van der Waals surface area contributed by atoms with Crippen molar-refractivity contribution in [1.29, 1.82) is 0 Å². The summed E-state index contributed by atoms with van der Waals surface area (Å²) in [6.07, 6.45) is 0.946. The maximum absolute atomic E-state index is 12.2. The number of piperidine rings is 1. The van der Waals surface area contributed by atoms with E-state index in [1.807, 2.05) is 0 Å². The van der Waals surface area contributed by atoms with E-state index in [2.05, 4.69) is 29.2 Å². The maximum Gasteiger partial charge on any atom is 0.254 e.